The van der Waals surface area contributed by atoms with Crippen molar-refractivity contribution < 1.29 is 14.1 Å². The number of ether oxygens (including phenoxy) is 1. The molecule has 1 aliphatic rings. The summed E-state index contributed by atoms with van der Waals surface area (Å²) in [6, 6.07) is 1.91. The Morgan fingerprint density at radius 3 is 3.11 bits per heavy atom. The van der Waals surface area contributed by atoms with Crippen LogP contribution in [0.5, 0.6) is 0 Å². The SMILES string of the molecule is CCO[C@@H]1CCCC(=O)N1CCc1cc(C)no1. The minimum absolute atomic E-state index is 0.0692. The summed E-state index contributed by atoms with van der Waals surface area (Å²) in [5, 5.41) is 3.85. The highest BCUT2D eigenvalue weighted by Crippen LogP contribution is 2.19. The second-order valence-corrected chi connectivity index (χ2v) is 4.57. The molecule has 0 unspecified atom stereocenters. The van der Waals surface area contributed by atoms with Crippen molar-refractivity contribution in [1.29, 1.82) is 0 Å². The molecule has 0 saturated carbocycles. The van der Waals surface area contributed by atoms with Crippen LogP contribution in [0.15, 0.2) is 10.6 Å². The van der Waals surface area contributed by atoms with Crippen LogP contribution < -0.4 is 0 Å². The quantitative estimate of drug-likeness (QED) is 0.803. The number of likely N-dealkylation sites (tertiary alicyclic amines) is 1. The predicted octanol–water partition coefficient (Wildman–Crippen LogP) is 1.90. The standard InChI is InChI=1S/C13H20N2O3/c1-3-17-13-6-4-5-12(16)15(13)8-7-11-9-10(2)14-18-11/h9,13H,3-8H2,1-2H3/t13-/m1/s1. The number of hydrogen-bond donors (Lipinski definition) is 0. The molecule has 100 valence electrons. The number of nitrogens with zero attached hydrogens (tertiary/aromatic N) is 2. The summed E-state index contributed by atoms with van der Waals surface area (Å²) in [7, 11) is 0. The average molecular weight is 252 g/mol. The fourth-order valence-electron chi connectivity index (χ4n) is 2.29. The van der Waals surface area contributed by atoms with Gasteiger partial charge in [0.2, 0.25) is 5.91 Å². The summed E-state index contributed by atoms with van der Waals surface area (Å²) < 4.78 is 10.8. The van der Waals surface area contributed by atoms with Crippen LogP contribution >= 0.6 is 0 Å². The Balaban J connectivity index is 1.93. The van der Waals surface area contributed by atoms with E-state index in [9.17, 15) is 4.79 Å². The van der Waals surface area contributed by atoms with Crippen LogP contribution in [-0.4, -0.2) is 35.3 Å². The molecule has 0 spiro atoms. The molecule has 0 bridgehead atoms. The third-order valence-corrected chi connectivity index (χ3v) is 3.14. The van der Waals surface area contributed by atoms with Gasteiger partial charge in [-0.2, -0.15) is 0 Å². The molecule has 1 saturated heterocycles. The number of carbonyl (C=O) groups is 1. The molecule has 1 fully saturated rings. The van der Waals surface area contributed by atoms with E-state index in [2.05, 4.69) is 5.16 Å². The van der Waals surface area contributed by atoms with Crippen LogP contribution in [0, 0.1) is 6.92 Å². The zero-order valence-electron chi connectivity index (χ0n) is 11.0. The fourth-order valence-corrected chi connectivity index (χ4v) is 2.29. The molecule has 5 nitrogen and oxygen atoms in total. The Bertz CT molecular complexity index is 401. The van der Waals surface area contributed by atoms with Gasteiger partial charge in [-0.05, 0) is 26.7 Å². The number of aromatic nitrogens is 1. The monoisotopic (exact) mass is 252 g/mol. The molecule has 0 aliphatic carbocycles. The summed E-state index contributed by atoms with van der Waals surface area (Å²) in [5.74, 6) is 0.997. The van der Waals surface area contributed by atoms with Gasteiger partial charge in [0.1, 0.15) is 12.0 Å². The molecule has 5 heteroatoms. The molecule has 1 aromatic rings. The average Bonchev–Trinajstić information content (AvgIpc) is 2.75. The minimum atomic E-state index is -0.0692. The molecule has 18 heavy (non-hydrogen) atoms. The molecule has 0 aromatic carbocycles. The van der Waals surface area contributed by atoms with E-state index >= 15 is 0 Å². The molecule has 1 aromatic heterocycles. The highest BCUT2D eigenvalue weighted by Gasteiger charge is 2.28. The van der Waals surface area contributed by atoms with Gasteiger partial charge in [-0.15, -0.1) is 0 Å². The van der Waals surface area contributed by atoms with Crippen LogP contribution in [0.25, 0.3) is 0 Å². The van der Waals surface area contributed by atoms with Gasteiger partial charge in [-0.1, -0.05) is 5.16 Å². The number of carbonyl (C=O) groups excluding carboxylic acids is 1. The van der Waals surface area contributed by atoms with E-state index in [-0.39, 0.29) is 12.1 Å². The van der Waals surface area contributed by atoms with Crippen molar-refractivity contribution >= 4 is 5.91 Å². The Morgan fingerprint density at radius 2 is 2.44 bits per heavy atom. The van der Waals surface area contributed by atoms with Crippen molar-refractivity contribution in [1.82, 2.24) is 10.1 Å². The third-order valence-electron chi connectivity index (χ3n) is 3.14. The highest BCUT2D eigenvalue weighted by atomic mass is 16.5. The van der Waals surface area contributed by atoms with Crippen molar-refractivity contribution in [3.8, 4) is 0 Å². The zero-order chi connectivity index (χ0) is 13.0. The molecule has 1 atom stereocenters. The van der Waals surface area contributed by atoms with E-state index in [1.165, 1.54) is 0 Å². The molecule has 1 amide bonds. The lowest BCUT2D eigenvalue weighted by Gasteiger charge is -2.34. The molecule has 2 heterocycles. The van der Waals surface area contributed by atoms with Gasteiger partial charge in [-0.25, -0.2) is 0 Å². The first-order valence-corrected chi connectivity index (χ1v) is 6.54. The summed E-state index contributed by atoms with van der Waals surface area (Å²) >= 11 is 0. The number of rotatable bonds is 5. The van der Waals surface area contributed by atoms with Gasteiger partial charge in [0.05, 0.1) is 5.69 Å². The first-order valence-electron chi connectivity index (χ1n) is 6.54. The predicted molar refractivity (Wildman–Crippen MR) is 65.9 cm³/mol. The topological polar surface area (TPSA) is 55.6 Å². The maximum atomic E-state index is 11.9. The summed E-state index contributed by atoms with van der Waals surface area (Å²) in [6.45, 7) is 5.12. The Morgan fingerprint density at radius 1 is 1.61 bits per heavy atom. The summed E-state index contributed by atoms with van der Waals surface area (Å²) in [6.07, 6.45) is 3.09. The maximum Gasteiger partial charge on any atom is 0.224 e. The lowest BCUT2D eigenvalue weighted by molar-refractivity contribution is -0.152. The van der Waals surface area contributed by atoms with Crippen LogP contribution in [0.2, 0.25) is 0 Å². The van der Waals surface area contributed by atoms with Crippen molar-refractivity contribution in [2.75, 3.05) is 13.2 Å². The molecule has 2 rings (SSSR count). The van der Waals surface area contributed by atoms with Crippen LogP contribution in [0.1, 0.15) is 37.6 Å². The smallest absolute Gasteiger partial charge is 0.224 e. The van der Waals surface area contributed by atoms with Gasteiger partial charge >= 0.3 is 0 Å². The first-order chi connectivity index (χ1) is 8.70. The molecule has 1 aliphatic heterocycles. The van der Waals surface area contributed by atoms with E-state index in [1.54, 1.807) is 0 Å². The minimum Gasteiger partial charge on any atom is -0.361 e. The molecular weight excluding hydrogens is 232 g/mol. The van der Waals surface area contributed by atoms with E-state index in [0.29, 0.717) is 26.0 Å². The Hall–Kier alpha value is -1.36. The number of hydrogen-bond acceptors (Lipinski definition) is 4. The maximum absolute atomic E-state index is 11.9. The third kappa shape index (κ3) is 3.10. The Labute approximate surface area is 107 Å². The van der Waals surface area contributed by atoms with Crippen LogP contribution in [0.3, 0.4) is 0 Å². The van der Waals surface area contributed by atoms with Crippen LogP contribution in [0.4, 0.5) is 0 Å². The second-order valence-electron chi connectivity index (χ2n) is 4.57. The van der Waals surface area contributed by atoms with Crippen molar-refractivity contribution in [3.05, 3.63) is 17.5 Å². The summed E-state index contributed by atoms with van der Waals surface area (Å²) in [4.78, 5) is 13.7. The number of piperidine rings is 1. The van der Waals surface area contributed by atoms with Gasteiger partial charge in [0, 0.05) is 32.1 Å². The first kappa shape index (κ1) is 13.1. The Kier molecular flexibility index (Phi) is 4.36. The molecular formula is C13H20N2O3. The largest absolute Gasteiger partial charge is 0.361 e. The lowest BCUT2D eigenvalue weighted by Crippen LogP contribution is -2.46. The van der Waals surface area contributed by atoms with E-state index in [0.717, 1.165) is 24.3 Å². The van der Waals surface area contributed by atoms with Crippen molar-refractivity contribution in [3.63, 3.8) is 0 Å². The van der Waals surface area contributed by atoms with E-state index in [1.807, 2.05) is 24.8 Å². The van der Waals surface area contributed by atoms with Gasteiger partial charge in [0.15, 0.2) is 0 Å². The normalized spacial score (nSPS) is 20.4. The number of aryl methyl sites for hydroxylation is 1. The molecule has 0 N–H and O–H groups in total. The zero-order valence-corrected chi connectivity index (χ0v) is 11.0. The van der Waals surface area contributed by atoms with E-state index < -0.39 is 0 Å². The lowest BCUT2D eigenvalue weighted by atomic mass is 10.1. The highest BCUT2D eigenvalue weighted by molar-refractivity contribution is 5.77. The number of amides is 1. The van der Waals surface area contributed by atoms with Gasteiger partial charge in [-0.3, -0.25) is 4.79 Å². The fraction of sp³-hybridized carbons (Fsp3) is 0.692. The van der Waals surface area contributed by atoms with Gasteiger partial charge < -0.3 is 14.2 Å². The van der Waals surface area contributed by atoms with Crippen molar-refractivity contribution in [2.45, 2.75) is 45.8 Å². The second kappa shape index (κ2) is 6.00. The summed E-state index contributed by atoms with van der Waals surface area (Å²) in [5.41, 5.74) is 0.872. The van der Waals surface area contributed by atoms with Gasteiger partial charge in [0.25, 0.3) is 0 Å². The van der Waals surface area contributed by atoms with E-state index in [4.69, 9.17) is 9.26 Å². The molecule has 0 radical (unpaired) electrons. The van der Waals surface area contributed by atoms with Crippen LogP contribution in [-0.2, 0) is 16.0 Å². The van der Waals surface area contributed by atoms with Crippen molar-refractivity contribution in [2.24, 2.45) is 0 Å².